The van der Waals surface area contributed by atoms with Gasteiger partial charge in [-0.15, -0.1) is 0 Å². The summed E-state index contributed by atoms with van der Waals surface area (Å²) >= 11 is 0. The number of hydrogen-bond donors (Lipinski definition) is 2. The molecule has 0 saturated carbocycles. The Balaban J connectivity index is 1.96. The number of hydrogen-bond acceptors (Lipinski definition) is 3. The van der Waals surface area contributed by atoms with E-state index in [9.17, 15) is 14.3 Å². The van der Waals surface area contributed by atoms with Gasteiger partial charge in [0.25, 0.3) is 0 Å². The summed E-state index contributed by atoms with van der Waals surface area (Å²) in [5.74, 6) is -1.06. The summed E-state index contributed by atoms with van der Waals surface area (Å²) in [7, 11) is 0. The van der Waals surface area contributed by atoms with Gasteiger partial charge in [0.1, 0.15) is 5.82 Å². The third-order valence-electron chi connectivity index (χ3n) is 3.48. The molecule has 1 aromatic rings. The number of rotatable bonds is 5. The molecule has 1 aliphatic heterocycles. The maximum absolute atomic E-state index is 13.8. The average molecular weight is 266 g/mol. The standard InChI is InChI=1S/C14H19FN2O2/c1-2-5-14(19)8-17(9-14)7-11-4-3-10(13(16)18)6-12(11)15/h3-4,6,19H,2,5,7-9H2,1H3,(H2,16,18). The molecule has 19 heavy (non-hydrogen) atoms. The van der Waals surface area contributed by atoms with Crippen LogP contribution in [0.4, 0.5) is 4.39 Å². The zero-order chi connectivity index (χ0) is 14.0. The Hall–Kier alpha value is -1.46. The van der Waals surface area contributed by atoms with E-state index in [0.717, 1.165) is 18.9 Å². The van der Waals surface area contributed by atoms with Gasteiger partial charge in [-0.25, -0.2) is 4.39 Å². The molecule has 0 unspecified atom stereocenters. The minimum atomic E-state index is -0.633. The Bertz CT molecular complexity index is 484. The fraction of sp³-hybridized carbons (Fsp3) is 0.500. The SMILES string of the molecule is CCCC1(O)CN(Cc2ccc(C(N)=O)cc2F)C1. The third-order valence-corrected chi connectivity index (χ3v) is 3.48. The van der Waals surface area contributed by atoms with Crippen molar-refractivity contribution in [3.8, 4) is 0 Å². The zero-order valence-electron chi connectivity index (χ0n) is 11.0. The van der Waals surface area contributed by atoms with Crippen LogP contribution < -0.4 is 5.73 Å². The lowest BCUT2D eigenvalue weighted by Gasteiger charge is -2.46. The van der Waals surface area contributed by atoms with Crippen molar-refractivity contribution in [1.29, 1.82) is 0 Å². The quantitative estimate of drug-likeness (QED) is 0.843. The number of likely N-dealkylation sites (tertiary alicyclic amines) is 1. The van der Waals surface area contributed by atoms with Crippen LogP contribution in [-0.4, -0.2) is 34.6 Å². The monoisotopic (exact) mass is 266 g/mol. The minimum absolute atomic E-state index is 0.173. The van der Waals surface area contributed by atoms with Gasteiger partial charge >= 0.3 is 0 Å². The Morgan fingerprint density at radius 2 is 2.21 bits per heavy atom. The van der Waals surface area contributed by atoms with E-state index in [0.29, 0.717) is 25.2 Å². The first-order valence-corrected chi connectivity index (χ1v) is 6.46. The van der Waals surface area contributed by atoms with Crippen LogP contribution in [0, 0.1) is 5.82 Å². The molecule has 0 aromatic heterocycles. The normalized spacial score (nSPS) is 18.1. The van der Waals surface area contributed by atoms with E-state index >= 15 is 0 Å². The fourth-order valence-corrected chi connectivity index (χ4v) is 2.59. The molecule has 0 aliphatic carbocycles. The number of aliphatic hydroxyl groups is 1. The molecule has 3 N–H and O–H groups in total. The number of benzene rings is 1. The predicted octanol–water partition coefficient (Wildman–Crippen LogP) is 1.27. The molecule has 1 heterocycles. The number of halogens is 1. The number of amides is 1. The number of nitrogens with zero attached hydrogens (tertiary/aromatic N) is 1. The number of primary amides is 1. The van der Waals surface area contributed by atoms with E-state index in [2.05, 4.69) is 0 Å². The van der Waals surface area contributed by atoms with Crippen molar-refractivity contribution in [1.82, 2.24) is 4.90 Å². The second kappa shape index (κ2) is 5.27. The van der Waals surface area contributed by atoms with Crippen molar-refractivity contribution in [2.75, 3.05) is 13.1 Å². The first-order chi connectivity index (χ1) is 8.93. The highest BCUT2D eigenvalue weighted by Gasteiger charge is 2.39. The van der Waals surface area contributed by atoms with E-state index in [1.807, 2.05) is 11.8 Å². The van der Waals surface area contributed by atoms with Gasteiger partial charge in [-0.1, -0.05) is 19.4 Å². The Kier molecular flexibility index (Phi) is 3.87. The average Bonchev–Trinajstić information content (AvgIpc) is 2.29. The molecule has 0 radical (unpaired) electrons. The van der Waals surface area contributed by atoms with Gasteiger partial charge in [-0.2, -0.15) is 0 Å². The number of carbonyl (C=O) groups is 1. The highest BCUT2D eigenvalue weighted by molar-refractivity contribution is 5.92. The van der Waals surface area contributed by atoms with Gasteiger partial charge < -0.3 is 10.8 Å². The van der Waals surface area contributed by atoms with Crippen LogP contribution in [0.15, 0.2) is 18.2 Å². The lowest BCUT2D eigenvalue weighted by molar-refractivity contribution is -0.107. The van der Waals surface area contributed by atoms with Gasteiger partial charge in [0.05, 0.1) is 5.60 Å². The zero-order valence-corrected chi connectivity index (χ0v) is 11.0. The van der Waals surface area contributed by atoms with Gasteiger partial charge in [-0.05, 0) is 18.6 Å². The summed E-state index contributed by atoms with van der Waals surface area (Å²) in [6.07, 6.45) is 1.71. The van der Waals surface area contributed by atoms with Crippen LogP contribution >= 0.6 is 0 Å². The molecule has 2 rings (SSSR count). The summed E-state index contributed by atoms with van der Waals surface area (Å²) in [6.45, 7) is 3.61. The van der Waals surface area contributed by atoms with E-state index < -0.39 is 17.3 Å². The molecule has 5 heteroatoms. The molecule has 0 bridgehead atoms. The molecule has 1 aromatic carbocycles. The first kappa shape index (κ1) is 14.0. The summed E-state index contributed by atoms with van der Waals surface area (Å²) in [4.78, 5) is 12.9. The van der Waals surface area contributed by atoms with Crippen LogP contribution in [0.2, 0.25) is 0 Å². The molecule has 1 saturated heterocycles. The molecule has 0 atom stereocenters. The first-order valence-electron chi connectivity index (χ1n) is 6.46. The topological polar surface area (TPSA) is 66.6 Å². The molecule has 104 valence electrons. The Morgan fingerprint density at radius 1 is 1.53 bits per heavy atom. The Morgan fingerprint density at radius 3 is 2.74 bits per heavy atom. The minimum Gasteiger partial charge on any atom is -0.387 e. The van der Waals surface area contributed by atoms with Crippen LogP contribution in [0.1, 0.15) is 35.7 Å². The molecule has 1 amide bonds. The highest BCUT2D eigenvalue weighted by Crippen LogP contribution is 2.27. The van der Waals surface area contributed by atoms with Crippen molar-refractivity contribution in [3.05, 3.63) is 35.1 Å². The van der Waals surface area contributed by atoms with Crippen LogP contribution in [0.3, 0.4) is 0 Å². The van der Waals surface area contributed by atoms with Crippen LogP contribution in [-0.2, 0) is 6.54 Å². The maximum atomic E-state index is 13.8. The maximum Gasteiger partial charge on any atom is 0.248 e. The highest BCUT2D eigenvalue weighted by atomic mass is 19.1. The molecule has 4 nitrogen and oxygen atoms in total. The lowest BCUT2D eigenvalue weighted by atomic mass is 9.89. The second-order valence-electron chi connectivity index (χ2n) is 5.29. The fourth-order valence-electron chi connectivity index (χ4n) is 2.59. The smallest absolute Gasteiger partial charge is 0.248 e. The van der Waals surface area contributed by atoms with Crippen LogP contribution in [0.25, 0.3) is 0 Å². The van der Waals surface area contributed by atoms with Crippen LogP contribution in [0.5, 0.6) is 0 Å². The van der Waals surface area contributed by atoms with Crippen molar-refractivity contribution in [2.45, 2.75) is 31.9 Å². The van der Waals surface area contributed by atoms with Crippen molar-refractivity contribution >= 4 is 5.91 Å². The Labute approximate surface area is 112 Å². The predicted molar refractivity (Wildman–Crippen MR) is 70.1 cm³/mol. The van der Waals surface area contributed by atoms with E-state index in [-0.39, 0.29) is 5.56 Å². The lowest BCUT2D eigenvalue weighted by Crippen LogP contribution is -2.61. The van der Waals surface area contributed by atoms with Gasteiger partial charge in [0.15, 0.2) is 0 Å². The van der Waals surface area contributed by atoms with Crippen molar-refractivity contribution in [3.63, 3.8) is 0 Å². The van der Waals surface area contributed by atoms with Gasteiger partial charge in [-0.3, -0.25) is 9.69 Å². The van der Waals surface area contributed by atoms with Crippen molar-refractivity contribution < 1.29 is 14.3 Å². The largest absolute Gasteiger partial charge is 0.387 e. The molecule has 1 fully saturated rings. The summed E-state index contributed by atoms with van der Waals surface area (Å²) in [5, 5.41) is 10.0. The summed E-state index contributed by atoms with van der Waals surface area (Å²) < 4.78 is 13.8. The number of nitrogens with two attached hydrogens (primary N) is 1. The third kappa shape index (κ3) is 3.11. The molecule has 1 aliphatic rings. The second-order valence-corrected chi connectivity index (χ2v) is 5.29. The van der Waals surface area contributed by atoms with E-state index in [1.54, 1.807) is 6.07 Å². The van der Waals surface area contributed by atoms with Gasteiger partial charge in [0, 0.05) is 30.8 Å². The van der Waals surface area contributed by atoms with E-state index in [4.69, 9.17) is 5.73 Å². The molecular formula is C14H19FN2O2. The molecular weight excluding hydrogens is 247 g/mol. The summed E-state index contributed by atoms with van der Waals surface area (Å²) in [6, 6.07) is 4.26. The number of β-amino-alcohol motifs (C(OH)–C–C–N with tert-alkyl or cyclic N) is 1. The number of carbonyl (C=O) groups excluding carboxylic acids is 1. The summed E-state index contributed by atoms with van der Waals surface area (Å²) in [5.41, 5.74) is 5.17. The van der Waals surface area contributed by atoms with E-state index in [1.165, 1.54) is 6.07 Å². The molecule has 0 spiro atoms. The van der Waals surface area contributed by atoms with Gasteiger partial charge in [0.2, 0.25) is 5.91 Å². The van der Waals surface area contributed by atoms with Crippen molar-refractivity contribution in [2.24, 2.45) is 5.73 Å².